The molecule has 0 unspecified atom stereocenters. The highest BCUT2D eigenvalue weighted by Crippen LogP contribution is 2.32. The molecule has 2 nitrogen and oxygen atoms in total. The molecule has 0 radical (unpaired) electrons. The van der Waals surface area contributed by atoms with Crippen LogP contribution in [-0.2, 0) is 5.88 Å². The standard InChI is InChI=1S/C16H11BrClNO/c17-14-7-3-4-8-15(14)20-16-13-6-2-1-5-11(13)9-12(10-18)19-16/h1-9H,10H2. The van der Waals surface area contributed by atoms with E-state index in [0.29, 0.717) is 11.8 Å². The fourth-order valence-corrected chi connectivity index (χ4v) is 2.50. The van der Waals surface area contributed by atoms with Gasteiger partial charge in [0.2, 0.25) is 5.88 Å². The van der Waals surface area contributed by atoms with Crippen LogP contribution in [-0.4, -0.2) is 4.98 Å². The van der Waals surface area contributed by atoms with Gasteiger partial charge in [-0.05, 0) is 45.6 Å². The fraction of sp³-hybridized carbons (Fsp3) is 0.0625. The molecular weight excluding hydrogens is 338 g/mol. The minimum atomic E-state index is 0.358. The zero-order valence-corrected chi connectivity index (χ0v) is 12.9. The number of pyridine rings is 1. The molecule has 0 bridgehead atoms. The number of ether oxygens (including phenoxy) is 1. The van der Waals surface area contributed by atoms with Crippen molar-refractivity contribution in [3.05, 3.63) is 64.8 Å². The van der Waals surface area contributed by atoms with E-state index in [-0.39, 0.29) is 0 Å². The molecule has 0 aliphatic rings. The van der Waals surface area contributed by atoms with E-state index in [1.807, 2.05) is 54.6 Å². The molecule has 4 heteroatoms. The third kappa shape index (κ3) is 2.65. The summed E-state index contributed by atoms with van der Waals surface area (Å²) in [7, 11) is 0. The molecule has 0 saturated heterocycles. The minimum Gasteiger partial charge on any atom is -0.437 e. The molecule has 0 aliphatic carbocycles. The van der Waals surface area contributed by atoms with Crippen molar-refractivity contribution in [2.24, 2.45) is 0 Å². The van der Waals surface area contributed by atoms with Crippen LogP contribution in [0.15, 0.2) is 59.1 Å². The van der Waals surface area contributed by atoms with Crippen LogP contribution in [0.3, 0.4) is 0 Å². The Labute approximate surface area is 130 Å². The lowest BCUT2D eigenvalue weighted by Gasteiger charge is -2.10. The van der Waals surface area contributed by atoms with Crippen LogP contribution in [0.1, 0.15) is 5.69 Å². The van der Waals surface area contributed by atoms with Crippen molar-refractivity contribution in [1.82, 2.24) is 4.98 Å². The molecule has 0 spiro atoms. The molecule has 0 atom stereocenters. The maximum absolute atomic E-state index is 5.95. The summed E-state index contributed by atoms with van der Waals surface area (Å²) in [5.41, 5.74) is 0.799. The number of benzene rings is 2. The lowest BCUT2D eigenvalue weighted by molar-refractivity contribution is 0.465. The smallest absolute Gasteiger partial charge is 0.227 e. The summed E-state index contributed by atoms with van der Waals surface area (Å²) in [5, 5.41) is 2.04. The summed E-state index contributed by atoms with van der Waals surface area (Å²) in [6, 6.07) is 17.7. The van der Waals surface area contributed by atoms with Crippen LogP contribution in [0.5, 0.6) is 11.6 Å². The highest BCUT2D eigenvalue weighted by Gasteiger charge is 2.09. The predicted octanol–water partition coefficient (Wildman–Crippen LogP) is 5.53. The van der Waals surface area contributed by atoms with Gasteiger partial charge < -0.3 is 4.74 Å². The molecule has 1 heterocycles. The van der Waals surface area contributed by atoms with Gasteiger partial charge in [0.15, 0.2) is 0 Å². The SMILES string of the molecule is ClCc1cc2ccccc2c(Oc2ccccc2Br)n1. The summed E-state index contributed by atoms with van der Waals surface area (Å²) >= 11 is 9.38. The molecule has 3 aromatic rings. The fourth-order valence-electron chi connectivity index (χ4n) is 2.00. The second-order valence-corrected chi connectivity index (χ2v) is 5.43. The number of para-hydroxylation sites is 1. The minimum absolute atomic E-state index is 0.358. The maximum atomic E-state index is 5.95. The number of fused-ring (bicyclic) bond motifs is 1. The number of nitrogens with zero attached hydrogens (tertiary/aromatic N) is 1. The lowest BCUT2D eigenvalue weighted by Crippen LogP contribution is -1.94. The van der Waals surface area contributed by atoms with E-state index in [2.05, 4.69) is 20.9 Å². The van der Waals surface area contributed by atoms with E-state index >= 15 is 0 Å². The Kier molecular flexibility index (Phi) is 3.90. The second kappa shape index (κ2) is 5.81. The van der Waals surface area contributed by atoms with Crippen LogP contribution >= 0.6 is 27.5 Å². The third-order valence-electron chi connectivity index (χ3n) is 2.94. The first kappa shape index (κ1) is 13.4. The van der Waals surface area contributed by atoms with E-state index in [4.69, 9.17) is 16.3 Å². The van der Waals surface area contributed by atoms with Crippen molar-refractivity contribution >= 4 is 38.3 Å². The van der Waals surface area contributed by atoms with E-state index < -0.39 is 0 Å². The molecule has 0 saturated carbocycles. The highest BCUT2D eigenvalue weighted by molar-refractivity contribution is 9.10. The zero-order valence-electron chi connectivity index (χ0n) is 10.5. The van der Waals surface area contributed by atoms with E-state index in [1.54, 1.807) is 0 Å². The van der Waals surface area contributed by atoms with E-state index in [1.165, 1.54) is 0 Å². The van der Waals surface area contributed by atoms with Gasteiger partial charge in [-0.15, -0.1) is 11.6 Å². The normalized spacial score (nSPS) is 10.7. The van der Waals surface area contributed by atoms with Crippen LogP contribution in [0.25, 0.3) is 10.8 Å². The van der Waals surface area contributed by atoms with Crippen LogP contribution in [0, 0.1) is 0 Å². The quantitative estimate of drug-likeness (QED) is 0.581. The number of rotatable bonds is 3. The summed E-state index contributed by atoms with van der Waals surface area (Å²) < 4.78 is 6.84. The average molecular weight is 349 g/mol. The number of alkyl halides is 1. The molecule has 0 amide bonds. The Morgan fingerprint density at radius 1 is 1.05 bits per heavy atom. The Bertz CT molecular complexity index is 760. The average Bonchev–Trinajstić information content (AvgIpc) is 2.49. The van der Waals surface area contributed by atoms with Gasteiger partial charge in [0, 0.05) is 5.39 Å². The first-order valence-corrected chi connectivity index (χ1v) is 7.47. The molecular formula is C16H11BrClNO. The van der Waals surface area contributed by atoms with Gasteiger partial charge >= 0.3 is 0 Å². The second-order valence-electron chi connectivity index (χ2n) is 4.31. The van der Waals surface area contributed by atoms with Crippen LogP contribution in [0.2, 0.25) is 0 Å². The molecule has 0 fully saturated rings. The van der Waals surface area contributed by atoms with Crippen LogP contribution < -0.4 is 4.74 Å². The van der Waals surface area contributed by atoms with E-state index in [0.717, 1.165) is 26.7 Å². The summed E-state index contributed by atoms with van der Waals surface area (Å²) in [4.78, 5) is 4.48. The molecule has 1 aromatic heterocycles. The first-order chi connectivity index (χ1) is 9.78. The topological polar surface area (TPSA) is 22.1 Å². The Hall–Kier alpha value is -1.58. The lowest BCUT2D eigenvalue weighted by atomic mass is 10.1. The van der Waals surface area contributed by atoms with Gasteiger partial charge in [-0.2, -0.15) is 0 Å². The first-order valence-electron chi connectivity index (χ1n) is 6.15. The highest BCUT2D eigenvalue weighted by atomic mass is 79.9. The van der Waals surface area contributed by atoms with Gasteiger partial charge in [0.1, 0.15) is 5.75 Å². The number of hydrogen-bond donors (Lipinski definition) is 0. The zero-order chi connectivity index (χ0) is 13.9. The van der Waals surface area contributed by atoms with Gasteiger partial charge in [-0.1, -0.05) is 30.3 Å². The maximum Gasteiger partial charge on any atom is 0.227 e. The van der Waals surface area contributed by atoms with Gasteiger partial charge in [0.25, 0.3) is 0 Å². The third-order valence-corrected chi connectivity index (χ3v) is 3.87. The predicted molar refractivity (Wildman–Crippen MR) is 85.5 cm³/mol. The molecule has 2 aromatic carbocycles. The monoisotopic (exact) mass is 347 g/mol. The Morgan fingerprint density at radius 2 is 1.80 bits per heavy atom. The molecule has 3 rings (SSSR count). The van der Waals surface area contributed by atoms with Crippen molar-refractivity contribution in [2.75, 3.05) is 0 Å². The van der Waals surface area contributed by atoms with E-state index in [9.17, 15) is 0 Å². The number of halogens is 2. The van der Waals surface area contributed by atoms with Gasteiger partial charge in [-0.25, -0.2) is 4.98 Å². The summed E-state index contributed by atoms with van der Waals surface area (Å²) in [6.07, 6.45) is 0. The molecule has 100 valence electrons. The Morgan fingerprint density at radius 3 is 2.60 bits per heavy atom. The van der Waals surface area contributed by atoms with Crippen molar-refractivity contribution in [2.45, 2.75) is 5.88 Å². The van der Waals surface area contributed by atoms with Crippen LogP contribution in [0.4, 0.5) is 0 Å². The van der Waals surface area contributed by atoms with Crippen molar-refractivity contribution in [3.8, 4) is 11.6 Å². The number of aromatic nitrogens is 1. The molecule has 0 N–H and O–H groups in total. The molecule has 0 aliphatic heterocycles. The van der Waals surface area contributed by atoms with Crippen molar-refractivity contribution < 1.29 is 4.74 Å². The Balaban J connectivity index is 2.13. The molecule has 20 heavy (non-hydrogen) atoms. The summed E-state index contributed by atoms with van der Waals surface area (Å²) in [6.45, 7) is 0. The number of hydrogen-bond acceptors (Lipinski definition) is 2. The van der Waals surface area contributed by atoms with Crippen molar-refractivity contribution in [3.63, 3.8) is 0 Å². The van der Waals surface area contributed by atoms with Gasteiger partial charge in [0.05, 0.1) is 16.0 Å². The summed E-state index contributed by atoms with van der Waals surface area (Å²) in [5.74, 6) is 1.67. The van der Waals surface area contributed by atoms with Gasteiger partial charge in [-0.3, -0.25) is 0 Å². The largest absolute Gasteiger partial charge is 0.437 e. The van der Waals surface area contributed by atoms with Crippen molar-refractivity contribution in [1.29, 1.82) is 0 Å².